The highest BCUT2D eigenvalue weighted by atomic mass is 35.5. The van der Waals surface area contributed by atoms with Crippen LogP contribution < -0.4 is 21.1 Å². The molecule has 3 heterocycles. The zero-order chi connectivity index (χ0) is 23.4. The summed E-state index contributed by atoms with van der Waals surface area (Å²) < 4.78 is 10.8. The van der Waals surface area contributed by atoms with Crippen LogP contribution >= 0.6 is 11.6 Å². The maximum absolute atomic E-state index is 13.5. The van der Waals surface area contributed by atoms with E-state index in [0.717, 1.165) is 58.3 Å². The standard InChI is InChI=1S/C24H35ClN4O4/c1-32-21-13-20(26)19(25)12-18(21)24(31)28-17-4-9-29(10-5-17)22(15-2-7-27-8-3-15)23(30)16-6-11-33-14-16/h12-13,15-17,22,27H,2-11,14,26H2,1H3,(H,28,31). The van der Waals surface area contributed by atoms with Gasteiger partial charge in [0.2, 0.25) is 0 Å². The average Bonchev–Trinajstić information content (AvgIpc) is 3.37. The molecule has 182 valence electrons. The van der Waals surface area contributed by atoms with E-state index in [9.17, 15) is 9.59 Å². The van der Waals surface area contributed by atoms with Crippen LogP contribution in [0.25, 0.3) is 0 Å². The van der Waals surface area contributed by atoms with Crippen molar-refractivity contribution in [2.45, 2.75) is 44.2 Å². The molecule has 3 aliphatic heterocycles. The van der Waals surface area contributed by atoms with E-state index in [0.29, 0.717) is 46.9 Å². The Balaban J connectivity index is 1.39. The number of halogens is 1. The van der Waals surface area contributed by atoms with Gasteiger partial charge in [-0.15, -0.1) is 0 Å². The van der Waals surface area contributed by atoms with Crippen LogP contribution in [-0.4, -0.2) is 75.2 Å². The summed E-state index contributed by atoms with van der Waals surface area (Å²) in [7, 11) is 1.51. The van der Waals surface area contributed by atoms with Crippen molar-refractivity contribution in [1.29, 1.82) is 0 Å². The van der Waals surface area contributed by atoms with Crippen LogP contribution in [0.1, 0.15) is 42.5 Å². The summed E-state index contributed by atoms with van der Waals surface area (Å²) >= 11 is 6.13. The maximum atomic E-state index is 13.5. The Bertz CT molecular complexity index is 847. The van der Waals surface area contributed by atoms with Crippen LogP contribution in [0.4, 0.5) is 5.69 Å². The third-order valence-corrected chi connectivity index (χ3v) is 7.60. The maximum Gasteiger partial charge on any atom is 0.255 e. The first-order chi connectivity index (χ1) is 16.0. The smallest absolute Gasteiger partial charge is 0.255 e. The molecule has 33 heavy (non-hydrogen) atoms. The summed E-state index contributed by atoms with van der Waals surface area (Å²) in [4.78, 5) is 28.8. The summed E-state index contributed by atoms with van der Waals surface area (Å²) in [5.41, 5.74) is 6.59. The van der Waals surface area contributed by atoms with E-state index in [1.807, 2.05) is 0 Å². The summed E-state index contributed by atoms with van der Waals surface area (Å²) in [6.45, 7) is 4.75. The summed E-state index contributed by atoms with van der Waals surface area (Å²) in [6, 6.07) is 3.11. The molecule has 2 unspecified atom stereocenters. The van der Waals surface area contributed by atoms with Crippen LogP contribution in [0, 0.1) is 11.8 Å². The number of piperidine rings is 2. The van der Waals surface area contributed by atoms with E-state index in [1.54, 1.807) is 12.1 Å². The van der Waals surface area contributed by atoms with Crippen molar-refractivity contribution < 1.29 is 19.1 Å². The Morgan fingerprint density at radius 3 is 2.58 bits per heavy atom. The van der Waals surface area contributed by atoms with Gasteiger partial charge in [-0.05, 0) is 57.2 Å². The molecule has 0 aliphatic carbocycles. The lowest BCUT2D eigenvalue weighted by molar-refractivity contribution is -0.131. The molecule has 0 radical (unpaired) electrons. The largest absolute Gasteiger partial charge is 0.496 e. The second kappa shape index (κ2) is 11.0. The second-order valence-corrected chi connectivity index (χ2v) is 9.76. The summed E-state index contributed by atoms with van der Waals surface area (Å²) in [5, 5.41) is 6.86. The highest BCUT2D eigenvalue weighted by molar-refractivity contribution is 6.33. The Labute approximate surface area is 200 Å². The Kier molecular flexibility index (Phi) is 8.11. The average molecular weight is 479 g/mol. The first-order valence-corrected chi connectivity index (χ1v) is 12.4. The molecule has 1 aromatic carbocycles. The molecule has 3 aliphatic rings. The minimum Gasteiger partial charge on any atom is -0.496 e. The van der Waals surface area contributed by atoms with Gasteiger partial charge in [0.25, 0.3) is 5.91 Å². The number of ketones is 1. The molecule has 0 spiro atoms. The van der Waals surface area contributed by atoms with Gasteiger partial charge in [0.15, 0.2) is 5.78 Å². The molecule has 1 aromatic rings. The number of hydrogen-bond acceptors (Lipinski definition) is 7. The first kappa shape index (κ1) is 24.3. The number of Topliss-reactive ketones (excluding diaryl/α,β-unsaturated/α-hetero) is 1. The molecule has 3 saturated heterocycles. The third-order valence-electron chi connectivity index (χ3n) is 7.28. The van der Waals surface area contributed by atoms with Gasteiger partial charge in [-0.3, -0.25) is 14.5 Å². The number of hydrogen-bond donors (Lipinski definition) is 3. The van der Waals surface area contributed by atoms with Crippen molar-refractivity contribution in [3.63, 3.8) is 0 Å². The van der Waals surface area contributed by atoms with E-state index in [4.69, 9.17) is 26.8 Å². The lowest BCUT2D eigenvalue weighted by Crippen LogP contribution is -2.55. The fraction of sp³-hybridized carbons (Fsp3) is 0.667. The molecular formula is C24H35ClN4O4. The molecule has 3 fully saturated rings. The van der Waals surface area contributed by atoms with E-state index in [2.05, 4.69) is 15.5 Å². The quantitative estimate of drug-likeness (QED) is 0.515. The molecule has 0 saturated carbocycles. The number of ether oxygens (including phenoxy) is 2. The monoisotopic (exact) mass is 478 g/mol. The number of carbonyl (C=O) groups is 2. The van der Waals surface area contributed by atoms with Gasteiger partial charge in [-0.25, -0.2) is 0 Å². The van der Waals surface area contributed by atoms with Gasteiger partial charge in [-0.2, -0.15) is 0 Å². The number of carbonyl (C=O) groups excluding carboxylic acids is 2. The van der Waals surface area contributed by atoms with Crippen molar-refractivity contribution in [3.8, 4) is 5.75 Å². The molecule has 2 atom stereocenters. The fourth-order valence-corrected chi connectivity index (χ4v) is 5.54. The van der Waals surface area contributed by atoms with E-state index < -0.39 is 0 Å². The third kappa shape index (κ3) is 5.62. The summed E-state index contributed by atoms with van der Waals surface area (Å²) in [5.74, 6) is 0.934. The molecule has 8 nitrogen and oxygen atoms in total. The van der Waals surface area contributed by atoms with Crippen LogP contribution in [0.5, 0.6) is 5.75 Å². The molecule has 4 rings (SSSR count). The molecule has 1 amide bonds. The molecule has 9 heteroatoms. The van der Waals surface area contributed by atoms with Crippen LogP contribution in [0.15, 0.2) is 12.1 Å². The van der Waals surface area contributed by atoms with Gasteiger partial charge in [0.05, 0.1) is 36.0 Å². The molecule has 0 bridgehead atoms. The zero-order valence-electron chi connectivity index (χ0n) is 19.3. The predicted molar refractivity (Wildman–Crippen MR) is 128 cm³/mol. The number of nitrogens with one attached hydrogen (secondary N) is 2. The SMILES string of the molecule is COc1cc(N)c(Cl)cc1C(=O)NC1CCN(C(C(=O)C2CCOC2)C2CCNCC2)CC1. The Morgan fingerprint density at radius 1 is 1.21 bits per heavy atom. The van der Waals surface area contributed by atoms with Crippen LogP contribution in [0.3, 0.4) is 0 Å². The lowest BCUT2D eigenvalue weighted by atomic mass is 9.81. The van der Waals surface area contributed by atoms with Gasteiger partial charge in [0, 0.05) is 37.7 Å². The zero-order valence-corrected chi connectivity index (χ0v) is 20.0. The van der Waals surface area contributed by atoms with Gasteiger partial charge in [0.1, 0.15) is 5.75 Å². The fourth-order valence-electron chi connectivity index (χ4n) is 5.37. The Morgan fingerprint density at radius 2 is 1.94 bits per heavy atom. The normalized spacial score (nSPS) is 23.9. The van der Waals surface area contributed by atoms with E-state index >= 15 is 0 Å². The van der Waals surface area contributed by atoms with Gasteiger partial charge >= 0.3 is 0 Å². The number of nitrogens with zero attached hydrogens (tertiary/aromatic N) is 1. The molecule has 0 aromatic heterocycles. The van der Waals surface area contributed by atoms with Gasteiger partial charge in [-0.1, -0.05) is 11.6 Å². The van der Waals surface area contributed by atoms with Crippen molar-refractivity contribution >= 4 is 29.0 Å². The van der Waals surface area contributed by atoms with Crippen molar-refractivity contribution in [2.24, 2.45) is 11.8 Å². The molecular weight excluding hydrogens is 444 g/mol. The molecule has 4 N–H and O–H groups in total. The van der Waals surface area contributed by atoms with Crippen molar-refractivity contribution in [2.75, 3.05) is 52.2 Å². The number of nitrogens with two attached hydrogens (primary N) is 1. The minimum absolute atomic E-state index is 0.0186. The number of amides is 1. The highest BCUT2D eigenvalue weighted by Gasteiger charge is 2.40. The van der Waals surface area contributed by atoms with Crippen molar-refractivity contribution in [3.05, 3.63) is 22.7 Å². The van der Waals surface area contributed by atoms with E-state index in [1.165, 1.54) is 7.11 Å². The highest BCUT2D eigenvalue weighted by Crippen LogP contribution is 2.31. The second-order valence-electron chi connectivity index (χ2n) is 9.35. The number of benzene rings is 1. The van der Waals surface area contributed by atoms with Crippen LogP contribution in [0.2, 0.25) is 5.02 Å². The number of likely N-dealkylation sites (tertiary alicyclic amines) is 1. The van der Waals surface area contributed by atoms with Crippen molar-refractivity contribution in [1.82, 2.24) is 15.5 Å². The summed E-state index contributed by atoms with van der Waals surface area (Å²) in [6.07, 6.45) is 4.48. The number of methoxy groups -OCH3 is 1. The lowest BCUT2D eigenvalue weighted by Gasteiger charge is -2.42. The number of rotatable bonds is 7. The van der Waals surface area contributed by atoms with Crippen LogP contribution in [-0.2, 0) is 9.53 Å². The van der Waals surface area contributed by atoms with Gasteiger partial charge < -0.3 is 25.8 Å². The first-order valence-electron chi connectivity index (χ1n) is 12.0. The predicted octanol–water partition coefficient (Wildman–Crippen LogP) is 2.10. The minimum atomic E-state index is -0.221. The number of nitrogen functional groups attached to an aromatic ring is 1. The van der Waals surface area contributed by atoms with E-state index in [-0.39, 0.29) is 23.9 Å². The topological polar surface area (TPSA) is 106 Å². The Hall–Kier alpha value is -1.87. The number of anilines is 1.